The molecular formula is C20H21N5O3S. The van der Waals surface area contributed by atoms with E-state index in [1.807, 2.05) is 43.5 Å². The van der Waals surface area contributed by atoms with Gasteiger partial charge in [-0.1, -0.05) is 17.8 Å². The van der Waals surface area contributed by atoms with E-state index >= 15 is 0 Å². The van der Waals surface area contributed by atoms with Gasteiger partial charge >= 0.3 is 0 Å². The van der Waals surface area contributed by atoms with E-state index in [1.54, 1.807) is 12.3 Å². The molecule has 1 aliphatic heterocycles. The van der Waals surface area contributed by atoms with Crippen LogP contribution in [0.25, 0.3) is 11.5 Å². The van der Waals surface area contributed by atoms with Crippen molar-refractivity contribution in [2.24, 2.45) is 0 Å². The second kappa shape index (κ2) is 8.12. The van der Waals surface area contributed by atoms with Crippen LogP contribution in [0.15, 0.2) is 35.6 Å². The van der Waals surface area contributed by atoms with Crippen molar-refractivity contribution in [2.75, 3.05) is 17.9 Å². The summed E-state index contributed by atoms with van der Waals surface area (Å²) in [6.45, 7) is 6.85. The van der Waals surface area contributed by atoms with Gasteiger partial charge in [0.15, 0.2) is 28.2 Å². The van der Waals surface area contributed by atoms with Crippen molar-refractivity contribution >= 4 is 23.4 Å². The van der Waals surface area contributed by atoms with E-state index in [0.717, 1.165) is 11.3 Å². The Balaban J connectivity index is 1.48. The van der Waals surface area contributed by atoms with Crippen molar-refractivity contribution in [3.63, 3.8) is 0 Å². The Morgan fingerprint density at radius 3 is 2.86 bits per heavy atom. The van der Waals surface area contributed by atoms with Gasteiger partial charge in [-0.15, -0.1) is 10.2 Å². The monoisotopic (exact) mass is 411 g/mol. The highest BCUT2D eigenvalue weighted by Crippen LogP contribution is 2.39. The maximum atomic E-state index is 12.4. The van der Waals surface area contributed by atoms with E-state index in [0.29, 0.717) is 34.7 Å². The third-order valence-electron chi connectivity index (χ3n) is 4.65. The lowest BCUT2D eigenvalue weighted by Gasteiger charge is -2.09. The van der Waals surface area contributed by atoms with Crippen molar-refractivity contribution in [3.05, 3.63) is 41.6 Å². The summed E-state index contributed by atoms with van der Waals surface area (Å²) in [7, 11) is 0. The molecule has 3 heterocycles. The summed E-state index contributed by atoms with van der Waals surface area (Å²) in [5, 5.41) is 12.1. The number of pyridine rings is 1. The first-order valence-electron chi connectivity index (χ1n) is 9.25. The largest absolute Gasteiger partial charge is 0.453 e. The molecule has 0 spiro atoms. The van der Waals surface area contributed by atoms with Crippen LogP contribution in [0.3, 0.4) is 0 Å². The van der Waals surface area contributed by atoms with Crippen LogP contribution in [0.1, 0.15) is 18.1 Å². The Labute approximate surface area is 172 Å². The van der Waals surface area contributed by atoms with E-state index in [2.05, 4.69) is 20.5 Å². The molecule has 2 aromatic heterocycles. The van der Waals surface area contributed by atoms with Crippen molar-refractivity contribution in [1.82, 2.24) is 19.7 Å². The van der Waals surface area contributed by atoms with Gasteiger partial charge in [0.05, 0.1) is 5.75 Å². The number of fused-ring (bicyclic) bond motifs is 1. The van der Waals surface area contributed by atoms with Gasteiger partial charge in [0.2, 0.25) is 12.7 Å². The van der Waals surface area contributed by atoms with Crippen molar-refractivity contribution < 1.29 is 14.3 Å². The van der Waals surface area contributed by atoms with Gasteiger partial charge in [0.25, 0.3) is 0 Å². The molecule has 0 bridgehead atoms. The number of carbonyl (C=O) groups excluding carboxylic acids is 1. The number of thioether (sulfide) groups is 1. The summed E-state index contributed by atoms with van der Waals surface area (Å²) in [4.78, 5) is 16.8. The molecule has 1 aliphatic rings. The molecule has 150 valence electrons. The lowest BCUT2D eigenvalue weighted by molar-refractivity contribution is -0.113. The summed E-state index contributed by atoms with van der Waals surface area (Å²) in [6, 6.07) is 7.62. The predicted molar refractivity (Wildman–Crippen MR) is 110 cm³/mol. The van der Waals surface area contributed by atoms with E-state index in [-0.39, 0.29) is 18.5 Å². The summed E-state index contributed by atoms with van der Waals surface area (Å²) in [5.74, 6) is 1.93. The number of carbonyl (C=O) groups is 1. The first-order chi connectivity index (χ1) is 14.1. The van der Waals surface area contributed by atoms with Crippen LogP contribution in [0, 0.1) is 13.8 Å². The topological polar surface area (TPSA) is 91.2 Å². The molecule has 0 unspecified atom stereocenters. The summed E-state index contributed by atoms with van der Waals surface area (Å²) in [5.41, 5.74) is 3.70. The van der Waals surface area contributed by atoms with Gasteiger partial charge in [-0.2, -0.15) is 0 Å². The second-order valence-electron chi connectivity index (χ2n) is 6.58. The number of nitrogens with zero attached hydrogens (tertiary/aromatic N) is 4. The number of amides is 1. The normalized spacial score (nSPS) is 12.2. The first-order valence-corrected chi connectivity index (χ1v) is 10.2. The Bertz CT molecular complexity index is 1070. The minimum Gasteiger partial charge on any atom is -0.453 e. The van der Waals surface area contributed by atoms with Gasteiger partial charge in [-0.25, -0.2) is 4.98 Å². The van der Waals surface area contributed by atoms with E-state index < -0.39 is 0 Å². The van der Waals surface area contributed by atoms with Crippen molar-refractivity contribution in [1.29, 1.82) is 0 Å². The average Bonchev–Trinajstić information content (AvgIpc) is 3.35. The molecular weight excluding hydrogens is 390 g/mol. The SMILES string of the molecule is CCn1c(SCC(=O)Nc2ccc(C)c(C)c2)nnc1-c1nccc2c1OCO2. The lowest BCUT2D eigenvalue weighted by Crippen LogP contribution is -2.14. The Hall–Kier alpha value is -3.07. The zero-order valence-electron chi connectivity index (χ0n) is 16.4. The van der Waals surface area contributed by atoms with Gasteiger partial charge in [-0.3, -0.25) is 4.79 Å². The predicted octanol–water partition coefficient (Wildman–Crippen LogP) is 3.44. The Kier molecular flexibility index (Phi) is 5.39. The van der Waals surface area contributed by atoms with Gasteiger partial charge in [-0.05, 0) is 44.0 Å². The van der Waals surface area contributed by atoms with Crippen molar-refractivity contribution in [2.45, 2.75) is 32.5 Å². The fourth-order valence-electron chi connectivity index (χ4n) is 3.00. The van der Waals surface area contributed by atoms with Gasteiger partial charge in [0, 0.05) is 24.5 Å². The van der Waals surface area contributed by atoms with Crippen LogP contribution in [-0.2, 0) is 11.3 Å². The molecule has 0 atom stereocenters. The molecule has 0 fully saturated rings. The zero-order valence-corrected chi connectivity index (χ0v) is 17.2. The minimum atomic E-state index is -0.0964. The molecule has 4 rings (SSSR count). The van der Waals surface area contributed by atoms with Crippen LogP contribution in [-0.4, -0.2) is 38.2 Å². The molecule has 3 aromatic rings. The van der Waals surface area contributed by atoms with Crippen LogP contribution in [0.4, 0.5) is 5.69 Å². The number of aryl methyl sites for hydroxylation is 2. The molecule has 0 saturated carbocycles. The maximum Gasteiger partial charge on any atom is 0.234 e. The number of benzene rings is 1. The van der Waals surface area contributed by atoms with E-state index in [1.165, 1.54) is 17.3 Å². The highest BCUT2D eigenvalue weighted by molar-refractivity contribution is 7.99. The summed E-state index contributed by atoms with van der Waals surface area (Å²) in [6.07, 6.45) is 1.65. The quantitative estimate of drug-likeness (QED) is 0.621. The number of aromatic nitrogens is 4. The molecule has 9 heteroatoms. The number of hydrogen-bond donors (Lipinski definition) is 1. The summed E-state index contributed by atoms with van der Waals surface area (Å²) < 4.78 is 12.9. The third-order valence-corrected chi connectivity index (χ3v) is 5.62. The molecule has 1 N–H and O–H groups in total. The number of ether oxygens (including phenoxy) is 2. The number of nitrogens with one attached hydrogen (secondary N) is 1. The molecule has 29 heavy (non-hydrogen) atoms. The minimum absolute atomic E-state index is 0.0964. The molecule has 0 aliphatic carbocycles. The fraction of sp³-hybridized carbons (Fsp3) is 0.300. The average molecular weight is 411 g/mol. The Morgan fingerprint density at radius 2 is 2.07 bits per heavy atom. The standard InChI is InChI=1S/C20H21N5O3S/c1-4-25-19(17-18-15(7-8-21-17)27-11-28-18)23-24-20(25)29-10-16(26)22-14-6-5-12(2)13(3)9-14/h5-9H,4,10-11H2,1-3H3,(H,22,26). The molecule has 8 nitrogen and oxygen atoms in total. The second-order valence-corrected chi connectivity index (χ2v) is 7.52. The van der Waals surface area contributed by atoms with E-state index in [9.17, 15) is 4.79 Å². The first kappa shape index (κ1) is 19.3. The van der Waals surface area contributed by atoms with Gasteiger partial charge < -0.3 is 19.4 Å². The van der Waals surface area contributed by atoms with E-state index in [4.69, 9.17) is 9.47 Å². The molecule has 1 aromatic carbocycles. The molecule has 0 saturated heterocycles. The summed E-state index contributed by atoms with van der Waals surface area (Å²) >= 11 is 1.33. The molecule has 0 radical (unpaired) electrons. The highest BCUT2D eigenvalue weighted by atomic mass is 32.2. The van der Waals surface area contributed by atoms with Crippen molar-refractivity contribution in [3.8, 4) is 23.0 Å². The zero-order chi connectivity index (χ0) is 20.4. The van der Waals surface area contributed by atoms with Crippen LogP contribution in [0.2, 0.25) is 0 Å². The Morgan fingerprint density at radius 1 is 1.21 bits per heavy atom. The molecule has 1 amide bonds. The smallest absolute Gasteiger partial charge is 0.234 e. The lowest BCUT2D eigenvalue weighted by atomic mass is 10.1. The van der Waals surface area contributed by atoms with Crippen LogP contribution in [0.5, 0.6) is 11.5 Å². The fourth-order valence-corrected chi connectivity index (χ4v) is 3.80. The maximum absolute atomic E-state index is 12.4. The number of anilines is 1. The number of hydrogen-bond acceptors (Lipinski definition) is 7. The van der Waals surface area contributed by atoms with Gasteiger partial charge in [0.1, 0.15) is 0 Å². The van der Waals surface area contributed by atoms with Crippen LogP contribution < -0.4 is 14.8 Å². The third kappa shape index (κ3) is 3.91. The van der Waals surface area contributed by atoms with Crippen LogP contribution >= 0.6 is 11.8 Å². The number of rotatable bonds is 6. The highest BCUT2D eigenvalue weighted by Gasteiger charge is 2.24.